The normalized spacial score (nSPS) is 46.9. The van der Waals surface area contributed by atoms with Gasteiger partial charge in [-0.05, 0) is 48.6 Å². The molecular formula is C24H33HsO4-. The Labute approximate surface area is 167 Å². The van der Waals surface area contributed by atoms with Gasteiger partial charge in [0.25, 0.3) is 0 Å². The van der Waals surface area contributed by atoms with Crippen LogP contribution in [0.1, 0.15) is 83.1 Å². The van der Waals surface area contributed by atoms with Crippen molar-refractivity contribution in [1.82, 2.24) is 0 Å². The summed E-state index contributed by atoms with van der Waals surface area (Å²) >= 11 is 0. The van der Waals surface area contributed by atoms with E-state index in [2.05, 4.69) is 13.8 Å². The van der Waals surface area contributed by atoms with Crippen LogP contribution in [-0.2, 0) is 0 Å². The van der Waals surface area contributed by atoms with Crippen molar-refractivity contribution in [3.8, 4) is 0 Å². The molecule has 4 nitrogen and oxygen atoms in total. The van der Waals surface area contributed by atoms with Crippen molar-refractivity contribution in [3.63, 3.8) is 0 Å². The molecular weight excluding hydrogens is 621 g/mol. The third kappa shape index (κ3) is 2.56. The third-order valence-corrected chi connectivity index (χ3v) is 9.60. The first kappa shape index (κ1) is 20.2. The molecule has 2 N–H and O–H groups in total. The third-order valence-electron chi connectivity index (χ3n) is 9.60. The summed E-state index contributed by atoms with van der Waals surface area (Å²) in [6.07, 6.45) is 10.4. The van der Waals surface area contributed by atoms with Gasteiger partial charge in [0, 0.05) is 11.7 Å². The van der Waals surface area contributed by atoms with Crippen molar-refractivity contribution in [3.05, 3.63) is 40.3 Å². The van der Waals surface area contributed by atoms with E-state index < -0.39 is 5.60 Å². The van der Waals surface area contributed by atoms with Gasteiger partial charge in [-0.2, -0.15) is 11.8 Å². The van der Waals surface area contributed by atoms with Crippen molar-refractivity contribution in [2.75, 3.05) is 0 Å². The molecule has 0 aliphatic heterocycles. The molecule has 0 saturated heterocycles. The zero-order valence-corrected chi connectivity index (χ0v) is 24.4. The molecule has 0 spiro atoms. The summed E-state index contributed by atoms with van der Waals surface area (Å²) in [4.78, 5) is 11.4. The van der Waals surface area contributed by atoms with E-state index in [0.717, 1.165) is 63.4 Å². The first-order chi connectivity index (χ1) is 13.3. The van der Waals surface area contributed by atoms with Crippen LogP contribution in [0.15, 0.2) is 27.6 Å². The number of aliphatic hydroxyl groups excluding tert-OH is 1. The van der Waals surface area contributed by atoms with Crippen LogP contribution in [0, 0.1) is 28.6 Å². The summed E-state index contributed by atoms with van der Waals surface area (Å²) < 4.78 is 5.17. The van der Waals surface area contributed by atoms with Crippen LogP contribution in [0.4, 0.5) is 0 Å². The maximum absolute atomic E-state index is 12.1. The molecule has 4 aliphatic rings. The van der Waals surface area contributed by atoms with Crippen LogP contribution in [0.5, 0.6) is 0 Å². The summed E-state index contributed by atoms with van der Waals surface area (Å²) in [5.41, 5.74) is 0.0649. The zero-order valence-electron chi connectivity index (χ0n) is 17.8. The van der Waals surface area contributed by atoms with Gasteiger partial charge in [-0.1, -0.05) is 45.4 Å². The molecule has 1 aromatic rings. The molecule has 0 aromatic carbocycles. The Morgan fingerprint density at radius 1 is 1.10 bits per heavy atom. The maximum Gasteiger partial charge on any atom is 0.335 e. The van der Waals surface area contributed by atoms with Crippen molar-refractivity contribution in [2.45, 2.75) is 89.3 Å². The monoisotopic (exact) mass is 654 g/mol. The predicted molar refractivity (Wildman–Crippen MR) is 107 cm³/mol. The van der Waals surface area contributed by atoms with Crippen molar-refractivity contribution < 1.29 is 14.6 Å². The zero-order chi connectivity index (χ0) is 19.7. The van der Waals surface area contributed by atoms with Gasteiger partial charge in [0.2, 0.25) is 0 Å². The summed E-state index contributed by atoms with van der Waals surface area (Å²) in [6.45, 7) is 4.68. The fraction of sp³-hybridized carbons (Fsp3) is 0.750. The van der Waals surface area contributed by atoms with E-state index >= 15 is 0 Å². The summed E-state index contributed by atoms with van der Waals surface area (Å²) in [6, 6.07) is 3.41. The van der Waals surface area contributed by atoms with Crippen LogP contribution >= 0.6 is 0 Å². The van der Waals surface area contributed by atoms with Crippen LogP contribution in [0.25, 0.3) is 0 Å². The number of fused-ring (bicyclic) bond motifs is 5. The first-order valence-electron chi connectivity index (χ1n) is 11.1. The second kappa shape index (κ2) is 6.43. The van der Waals surface area contributed by atoms with Crippen LogP contribution in [-0.4, -0.2) is 21.9 Å². The molecule has 4 aliphatic carbocycles. The molecule has 29 heavy (non-hydrogen) atoms. The fourth-order valence-corrected chi connectivity index (χ4v) is 7.89. The summed E-state index contributed by atoms with van der Waals surface area (Å²) in [5.74, 6) is 2.66. The molecule has 0 amide bonds. The molecule has 156 valence electrons. The van der Waals surface area contributed by atoms with Gasteiger partial charge in [0.05, 0.1) is 12.4 Å². The molecule has 0 unspecified atom stereocenters. The van der Waals surface area contributed by atoms with Gasteiger partial charge >= 0.3 is 5.63 Å². The van der Waals surface area contributed by atoms with Gasteiger partial charge in [0.1, 0.15) is 0 Å². The quantitative estimate of drug-likeness (QED) is 0.446. The van der Waals surface area contributed by atoms with Crippen molar-refractivity contribution >= 4 is 0 Å². The van der Waals surface area contributed by atoms with Gasteiger partial charge < -0.3 is 20.5 Å². The van der Waals surface area contributed by atoms with Crippen LogP contribution in [0.3, 0.4) is 0 Å². The smallest absolute Gasteiger partial charge is 0.335 e. The molecule has 5 rings (SSSR count). The second-order valence-electron chi connectivity index (χ2n) is 10.5. The van der Waals surface area contributed by atoms with Crippen molar-refractivity contribution in [1.29, 1.82) is 0 Å². The minimum Gasteiger partial charge on any atom is -0.431 e. The van der Waals surface area contributed by atoms with Gasteiger partial charge in [0.15, 0.2) is 0 Å². The second-order valence-corrected chi connectivity index (χ2v) is 10.5. The van der Waals surface area contributed by atoms with Gasteiger partial charge in [-0.15, -0.1) is 5.92 Å². The molecule has 0 bridgehead atoms. The minimum absolute atomic E-state index is 0. The Morgan fingerprint density at radius 2 is 1.90 bits per heavy atom. The molecule has 0 radical (unpaired) electrons. The SMILES string of the molecule is C[C@]12CC[C@H](O)C[C@H]1CC[C@@H]1[C-]2CC[C@]2(C)[C@@H](c3ccc(=O)oc3)CC[C@]12O.[Hs]. The Hall–Kier alpha value is -2.13. The average Bonchev–Trinajstić information content (AvgIpc) is 2.95. The summed E-state index contributed by atoms with van der Waals surface area (Å²) in [7, 11) is 0. The van der Waals surface area contributed by atoms with E-state index in [1.54, 1.807) is 12.2 Å². The molecule has 1 aromatic heterocycles. The van der Waals surface area contributed by atoms with E-state index in [1.165, 1.54) is 6.07 Å². The standard InChI is InChI=1S/C24H33O4.Hs/c1-22-10-7-17(25)13-16(22)4-5-20-19(22)8-11-23(2)18(9-12-24(20,23)27)15-3-6-21(26)28-14-15;/h3,6,14,16-18,20,25,27H,4-5,7-13H2,1-2H3;/q-1;/t16-,17+,18-,20-,22+,23-,24+;/m1./s1. The van der Waals surface area contributed by atoms with Gasteiger partial charge in [-0.3, -0.25) is 0 Å². The Morgan fingerprint density at radius 3 is 2.62 bits per heavy atom. The van der Waals surface area contributed by atoms with E-state index in [9.17, 15) is 15.0 Å². The first-order valence-corrected chi connectivity index (χ1v) is 11.1. The molecule has 7 atom stereocenters. The van der Waals surface area contributed by atoms with E-state index in [-0.39, 0.29) is 34.4 Å². The molecule has 4 fully saturated rings. The number of rotatable bonds is 1. The van der Waals surface area contributed by atoms with E-state index in [0.29, 0.717) is 5.92 Å². The molecule has 1 heterocycles. The fourth-order valence-electron chi connectivity index (χ4n) is 7.89. The number of hydrogen-bond donors (Lipinski definition) is 2. The average molecular weight is 655 g/mol. The van der Waals surface area contributed by atoms with Crippen LogP contribution in [0.2, 0.25) is 0 Å². The van der Waals surface area contributed by atoms with E-state index in [4.69, 9.17) is 4.42 Å². The Balaban J connectivity index is 0.00000205. The predicted octanol–water partition coefficient (Wildman–Crippen LogP) is 4.20. The topological polar surface area (TPSA) is 70.7 Å². The van der Waals surface area contributed by atoms with Crippen molar-refractivity contribution in [2.24, 2.45) is 22.7 Å². The molecule has 4 saturated carbocycles. The number of aliphatic hydroxyl groups is 2. The largest absolute Gasteiger partial charge is 0.431 e. The Kier molecular flexibility index (Phi) is 4.47. The molecule has 5 heteroatoms. The van der Waals surface area contributed by atoms with Crippen LogP contribution < -0.4 is 5.63 Å². The number of hydrogen-bond acceptors (Lipinski definition) is 4. The van der Waals surface area contributed by atoms with Gasteiger partial charge in [-0.25, -0.2) is 4.79 Å². The summed E-state index contributed by atoms with van der Waals surface area (Å²) in [5, 5.41) is 22.3. The maximum atomic E-state index is 12.1. The Bertz CT molecular complexity index is 803. The minimum atomic E-state index is -0.675. The van der Waals surface area contributed by atoms with E-state index in [1.807, 2.05) is 6.07 Å².